The van der Waals surface area contributed by atoms with Crippen molar-refractivity contribution in [2.24, 2.45) is 21.6 Å². The van der Waals surface area contributed by atoms with Crippen molar-refractivity contribution in [3.63, 3.8) is 0 Å². The second-order valence-electron chi connectivity index (χ2n) is 10.2. The Hall–Kier alpha value is -3.17. The number of rotatable bonds is 5. The van der Waals surface area contributed by atoms with Crippen molar-refractivity contribution in [2.75, 3.05) is 26.7 Å². The van der Waals surface area contributed by atoms with E-state index in [4.69, 9.17) is 5.11 Å². The lowest BCUT2D eigenvalue weighted by molar-refractivity contribution is -0.152. The lowest BCUT2D eigenvalue weighted by Gasteiger charge is -2.36. The van der Waals surface area contributed by atoms with Crippen molar-refractivity contribution in [1.82, 2.24) is 4.90 Å². The normalized spacial score (nSPS) is 15.3. The van der Waals surface area contributed by atoms with Crippen LogP contribution in [-0.2, 0) is 21.4 Å². The van der Waals surface area contributed by atoms with E-state index in [9.17, 15) is 14.4 Å². The summed E-state index contributed by atoms with van der Waals surface area (Å²) in [7, 11) is 1.50. The molecule has 4 rings (SSSR count). The molecule has 3 N–H and O–H groups in total. The number of likely N-dealkylation sites (tertiary alicyclic amines) is 1. The van der Waals surface area contributed by atoms with Gasteiger partial charge in [-0.2, -0.15) is 0 Å². The van der Waals surface area contributed by atoms with Crippen molar-refractivity contribution in [3.05, 3.63) is 70.8 Å². The van der Waals surface area contributed by atoms with Gasteiger partial charge in [0.2, 0.25) is 5.91 Å². The molecular formula is C33H49BrN4O4. The summed E-state index contributed by atoms with van der Waals surface area (Å²) in [6, 6.07) is 16.2. The van der Waals surface area contributed by atoms with Gasteiger partial charge in [0.15, 0.2) is 5.84 Å². The SMILES string of the molecule is CC.CC(C)(C)c1ccc(C=O)cc1.CCC(=O)N1CC(C(=O)O)C1.CCc1ccc(C2=NCC(Br)C=N2)cc1.CN. The van der Waals surface area contributed by atoms with Crippen LogP contribution in [0.3, 0.4) is 0 Å². The van der Waals surface area contributed by atoms with E-state index in [1.54, 1.807) is 11.8 Å². The lowest BCUT2D eigenvalue weighted by Crippen LogP contribution is -2.52. The summed E-state index contributed by atoms with van der Waals surface area (Å²) in [5.41, 5.74) is 9.11. The summed E-state index contributed by atoms with van der Waals surface area (Å²) < 4.78 is 0. The Balaban J connectivity index is 0.000000573. The largest absolute Gasteiger partial charge is 0.481 e. The second-order valence-corrected chi connectivity index (χ2v) is 11.4. The predicted octanol–water partition coefficient (Wildman–Crippen LogP) is 6.18. The van der Waals surface area contributed by atoms with Crippen molar-refractivity contribution < 1.29 is 19.5 Å². The number of carbonyl (C=O) groups excluding carboxylic acids is 2. The molecule has 2 aromatic rings. The number of carboxylic acids is 1. The molecule has 1 unspecified atom stereocenters. The molecule has 1 saturated heterocycles. The summed E-state index contributed by atoms with van der Waals surface area (Å²) in [4.78, 5) is 42.1. The van der Waals surface area contributed by atoms with E-state index in [2.05, 4.69) is 83.6 Å². The first-order chi connectivity index (χ1) is 20.0. The molecule has 42 heavy (non-hydrogen) atoms. The van der Waals surface area contributed by atoms with Gasteiger partial charge in [0, 0.05) is 36.9 Å². The fourth-order valence-electron chi connectivity index (χ4n) is 3.59. The summed E-state index contributed by atoms with van der Waals surface area (Å²) in [5, 5.41) is 8.47. The summed E-state index contributed by atoms with van der Waals surface area (Å²) in [5.74, 6) is -0.244. The molecule has 2 aromatic carbocycles. The van der Waals surface area contributed by atoms with Gasteiger partial charge in [-0.05, 0) is 30.0 Å². The van der Waals surface area contributed by atoms with Crippen LogP contribution in [0.15, 0.2) is 58.5 Å². The number of carbonyl (C=O) groups is 3. The number of aldehydes is 1. The number of nitrogens with two attached hydrogens (primary N) is 1. The van der Waals surface area contributed by atoms with Crippen molar-refractivity contribution in [3.8, 4) is 0 Å². The molecule has 1 amide bonds. The predicted molar refractivity (Wildman–Crippen MR) is 178 cm³/mol. The molecule has 2 aliphatic heterocycles. The second kappa shape index (κ2) is 20.7. The molecule has 0 saturated carbocycles. The number of alkyl halides is 1. The van der Waals surface area contributed by atoms with Gasteiger partial charge in [-0.25, -0.2) is 4.99 Å². The minimum atomic E-state index is -0.801. The first-order valence-electron chi connectivity index (χ1n) is 14.4. The molecular weight excluding hydrogens is 596 g/mol. The standard InChI is InChI=1S/C12H13BrN2.C11H14O.C7H11NO3.C2H6.CH5N/c1-2-9-3-5-10(6-4-9)12-14-7-11(13)8-15-12;1-11(2,3)10-6-4-9(8-12)5-7-10;1-2-6(9)8-3-5(4-8)7(10)11;2*1-2/h3-7,11H,2,8H2,1H3;4-8H,1-3H3;5H,2-4H2,1H3,(H,10,11);1-2H3;2H2,1H3. The van der Waals surface area contributed by atoms with Crippen LogP contribution in [0.1, 0.15) is 81.9 Å². The maximum Gasteiger partial charge on any atom is 0.310 e. The quantitative estimate of drug-likeness (QED) is 0.297. The van der Waals surface area contributed by atoms with Gasteiger partial charge in [0.05, 0.1) is 17.3 Å². The number of benzene rings is 2. The first kappa shape index (κ1) is 38.8. The third-order valence-corrected chi connectivity index (χ3v) is 6.72. The number of amides is 1. The van der Waals surface area contributed by atoms with Crippen LogP contribution in [0.25, 0.3) is 0 Å². The van der Waals surface area contributed by atoms with Gasteiger partial charge in [0.25, 0.3) is 0 Å². The third-order valence-electron chi connectivity index (χ3n) is 6.19. The molecule has 0 spiro atoms. The van der Waals surface area contributed by atoms with Gasteiger partial charge < -0.3 is 15.7 Å². The number of aryl methyl sites for hydroxylation is 1. The molecule has 0 radical (unpaired) electrons. The highest BCUT2D eigenvalue weighted by molar-refractivity contribution is 9.10. The van der Waals surface area contributed by atoms with Crippen LogP contribution in [0.5, 0.6) is 0 Å². The number of halogens is 1. The molecule has 0 aliphatic carbocycles. The minimum Gasteiger partial charge on any atom is -0.481 e. The van der Waals surface area contributed by atoms with Crippen LogP contribution in [0.4, 0.5) is 0 Å². The Labute approximate surface area is 260 Å². The number of aliphatic carboxylic acids is 1. The summed E-state index contributed by atoms with van der Waals surface area (Å²) in [6.45, 7) is 15.9. The maximum absolute atomic E-state index is 10.9. The number of hydrogen-bond acceptors (Lipinski definition) is 6. The Bertz CT molecular complexity index is 1130. The molecule has 2 aliphatic rings. The van der Waals surface area contributed by atoms with E-state index in [0.29, 0.717) is 19.5 Å². The van der Waals surface area contributed by atoms with Crippen LogP contribution < -0.4 is 5.73 Å². The first-order valence-corrected chi connectivity index (χ1v) is 15.4. The fraction of sp³-hybridized carbons (Fsp3) is 0.485. The molecule has 2 heterocycles. The van der Waals surface area contributed by atoms with E-state index in [-0.39, 0.29) is 22.1 Å². The van der Waals surface area contributed by atoms with Gasteiger partial charge in [-0.3, -0.25) is 19.4 Å². The Kier molecular flexibility index (Phi) is 19.1. The van der Waals surface area contributed by atoms with Crippen molar-refractivity contribution in [2.45, 2.75) is 71.5 Å². The number of aliphatic imine (C=N–C) groups is 2. The monoisotopic (exact) mass is 644 g/mol. The van der Waals surface area contributed by atoms with Crippen LogP contribution in [0.2, 0.25) is 0 Å². The average molecular weight is 646 g/mol. The Morgan fingerprint density at radius 3 is 1.95 bits per heavy atom. The Morgan fingerprint density at radius 1 is 1.02 bits per heavy atom. The van der Waals surface area contributed by atoms with Gasteiger partial charge >= 0.3 is 5.97 Å². The smallest absolute Gasteiger partial charge is 0.310 e. The zero-order valence-electron chi connectivity index (χ0n) is 26.4. The fourth-order valence-corrected chi connectivity index (χ4v) is 3.86. The van der Waals surface area contributed by atoms with E-state index >= 15 is 0 Å². The van der Waals surface area contributed by atoms with Crippen LogP contribution >= 0.6 is 15.9 Å². The third kappa shape index (κ3) is 13.7. The number of hydrogen-bond donors (Lipinski definition) is 2. The molecule has 232 valence electrons. The summed E-state index contributed by atoms with van der Waals surface area (Å²) in [6.07, 6.45) is 4.30. The lowest BCUT2D eigenvalue weighted by atomic mass is 9.87. The zero-order valence-corrected chi connectivity index (χ0v) is 28.0. The number of nitrogens with zero attached hydrogens (tertiary/aromatic N) is 3. The van der Waals surface area contributed by atoms with Crippen LogP contribution in [-0.4, -0.2) is 71.7 Å². The number of amidine groups is 1. The molecule has 1 fully saturated rings. The van der Waals surface area contributed by atoms with E-state index in [1.807, 2.05) is 44.3 Å². The van der Waals surface area contributed by atoms with Gasteiger partial charge in [0.1, 0.15) is 6.29 Å². The van der Waals surface area contributed by atoms with Gasteiger partial charge in [-0.1, -0.05) is 113 Å². The molecule has 9 heteroatoms. The average Bonchev–Trinajstić information content (AvgIpc) is 2.99. The van der Waals surface area contributed by atoms with E-state index in [0.717, 1.165) is 36.2 Å². The highest BCUT2D eigenvalue weighted by atomic mass is 79.9. The highest BCUT2D eigenvalue weighted by Crippen LogP contribution is 2.21. The molecule has 0 aromatic heterocycles. The summed E-state index contributed by atoms with van der Waals surface area (Å²) >= 11 is 3.45. The zero-order chi connectivity index (χ0) is 32.3. The number of carboxylic acid groups (broad SMARTS) is 1. The van der Waals surface area contributed by atoms with E-state index in [1.165, 1.54) is 18.2 Å². The van der Waals surface area contributed by atoms with Crippen LogP contribution in [0, 0.1) is 5.92 Å². The topological polar surface area (TPSA) is 125 Å². The van der Waals surface area contributed by atoms with Crippen molar-refractivity contribution in [1.29, 1.82) is 0 Å². The van der Waals surface area contributed by atoms with E-state index < -0.39 is 5.97 Å². The Morgan fingerprint density at radius 2 is 1.57 bits per heavy atom. The maximum atomic E-state index is 10.9. The van der Waals surface area contributed by atoms with Gasteiger partial charge in [-0.15, -0.1) is 0 Å². The highest BCUT2D eigenvalue weighted by Gasteiger charge is 2.34. The molecule has 0 bridgehead atoms. The minimum absolute atomic E-state index is 0.0440. The molecule has 1 atom stereocenters. The molecule has 8 nitrogen and oxygen atoms in total. The van der Waals surface area contributed by atoms with Crippen molar-refractivity contribution >= 4 is 46.1 Å².